The number of aliphatic imine (C=N–C) groups is 1. The predicted molar refractivity (Wildman–Crippen MR) is 107 cm³/mol. The molecule has 0 bridgehead atoms. The molecule has 154 valence electrons. The molecule has 3 aliphatic rings. The monoisotopic (exact) mass is 389 g/mol. The summed E-state index contributed by atoms with van der Waals surface area (Å²) in [5, 5.41) is 6.81. The van der Waals surface area contributed by atoms with E-state index in [-0.39, 0.29) is 11.5 Å². The third kappa shape index (κ3) is 4.36. The van der Waals surface area contributed by atoms with Crippen molar-refractivity contribution in [1.29, 1.82) is 0 Å². The molecular formula is C21H31N3O4. The summed E-state index contributed by atoms with van der Waals surface area (Å²) >= 11 is 0. The first-order chi connectivity index (χ1) is 13.8. The Morgan fingerprint density at radius 1 is 1.14 bits per heavy atom. The zero-order valence-electron chi connectivity index (χ0n) is 16.7. The van der Waals surface area contributed by atoms with Crippen molar-refractivity contribution in [2.24, 2.45) is 4.99 Å². The lowest BCUT2D eigenvalue weighted by Gasteiger charge is -2.36. The Kier molecular flexibility index (Phi) is 6.22. The van der Waals surface area contributed by atoms with E-state index in [2.05, 4.69) is 29.7 Å². The minimum Gasteiger partial charge on any atom is -0.454 e. The van der Waals surface area contributed by atoms with Crippen LogP contribution in [0.3, 0.4) is 0 Å². The van der Waals surface area contributed by atoms with Gasteiger partial charge in [0.05, 0.1) is 12.6 Å². The number of nitrogens with one attached hydrogen (secondary N) is 2. The zero-order valence-corrected chi connectivity index (χ0v) is 16.7. The van der Waals surface area contributed by atoms with Crippen LogP contribution in [-0.2, 0) is 14.9 Å². The molecule has 1 unspecified atom stereocenters. The van der Waals surface area contributed by atoms with Crippen molar-refractivity contribution in [2.45, 2.75) is 44.1 Å². The molecule has 2 fully saturated rings. The van der Waals surface area contributed by atoms with Crippen LogP contribution in [0.5, 0.6) is 11.5 Å². The van der Waals surface area contributed by atoms with Crippen molar-refractivity contribution >= 4 is 5.96 Å². The van der Waals surface area contributed by atoms with Gasteiger partial charge in [-0.3, -0.25) is 4.99 Å². The summed E-state index contributed by atoms with van der Waals surface area (Å²) in [7, 11) is 0. The molecule has 28 heavy (non-hydrogen) atoms. The Morgan fingerprint density at radius 3 is 2.79 bits per heavy atom. The number of rotatable bonds is 6. The molecule has 3 heterocycles. The van der Waals surface area contributed by atoms with E-state index in [0.29, 0.717) is 13.3 Å². The molecule has 1 aromatic rings. The summed E-state index contributed by atoms with van der Waals surface area (Å²) in [5.41, 5.74) is 1.20. The van der Waals surface area contributed by atoms with Crippen LogP contribution < -0.4 is 20.1 Å². The van der Waals surface area contributed by atoms with Gasteiger partial charge in [0, 0.05) is 38.3 Å². The smallest absolute Gasteiger partial charge is 0.231 e. The van der Waals surface area contributed by atoms with E-state index in [0.717, 1.165) is 76.1 Å². The van der Waals surface area contributed by atoms with Crippen LogP contribution in [0, 0.1) is 0 Å². The minimum atomic E-state index is -0.0502. The third-order valence-electron chi connectivity index (χ3n) is 5.84. The van der Waals surface area contributed by atoms with Gasteiger partial charge in [0.2, 0.25) is 6.79 Å². The summed E-state index contributed by atoms with van der Waals surface area (Å²) < 4.78 is 22.5. The Labute approximate surface area is 166 Å². The van der Waals surface area contributed by atoms with Gasteiger partial charge in [0.15, 0.2) is 17.5 Å². The summed E-state index contributed by atoms with van der Waals surface area (Å²) in [6.45, 7) is 7.09. The molecule has 0 saturated carbocycles. The Hall–Kier alpha value is -1.99. The largest absolute Gasteiger partial charge is 0.454 e. The van der Waals surface area contributed by atoms with Gasteiger partial charge in [-0.25, -0.2) is 0 Å². The highest BCUT2D eigenvalue weighted by atomic mass is 16.7. The predicted octanol–water partition coefficient (Wildman–Crippen LogP) is 2.20. The van der Waals surface area contributed by atoms with Crippen molar-refractivity contribution < 1.29 is 18.9 Å². The van der Waals surface area contributed by atoms with E-state index >= 15 is 0 Å². The maximum Gasteiger partial charge on any atom is 0.231 e. The normalized spacial score (nSPS) is 23.6. The van der Waals surface area contributed by atoms with Crippen LogP contribution in [0.2, 0.25) is 0 Å². The highest BCUT2D eigenvalue weighted by Gasteiger charge is 2.35. The molecule has 0 aliphatic carbocycles. The number of guanidine groups is 1. The lowest BCUT2D eigenvalue weighted by Crippen LogP contribution is -2.43. The first kappa shape index (κ1) is 19.3. The second-order valence-corrected chi connectivity index (χ2v) is 7.67. The SMILES string of the molecule is CCNC(=NCC1(c2ccc3c(c2)OCO3)CCOCC1)NCC1CCCO1. The first-order valence-electron chi connectivity index (χ1n) is 10.4. The lowest BCUT2D eigenvalue weighted by molar-refractivity contribution is 0.0530. The van der Waals surface area contributed by atoms with E-state index in [4.69, 9.17) is 23.9 Å². The van der Waals surface area contributed by atoms with Gasteiger partial charge in [-0.2, -0.15) is 0 Å². The Morgan fingerprint density at radius 2 is 2.00 bits per heavy atom. The van der Waals surface area contributed by atoms with Crippen LogP contribution in [0.1, 0.15) is 38.2 Å². The summed E-state index contributed by atoms with van der Waals surface area (Å²) in [5.74, 6) is 2.50. The van der Waals surface area contributed by atoms with E-state index in [1.54, 1.807) is 0 Å². The number of nitrogens with zero attached hydrogens (tertiary/aromatic N) is 1. The average molecular weight is 389 g/mol. The van der Waals surface area contributed by atoms with Gasteiger partial charge >= 0.3 is 0 Å². The van der Waals surface area contributed by atoms with Gasteiger partial charge in [-0.05, 0) is 50.3 Å². The molecule has 0 aromatic heterocycles. The number of benzene rings is 1. The molecule has 0 radical (unpaired) electrons. The van der Waals surface area contributed by atoms with Crippen LogP contribution in [0.15, 0.2) is 23.2 Å². The van der Waals surface area contributed by atoms with E-state index in [1.807, 2.05) is 6.07 Å². The highest BCUT2D eigenvalue weighted by Crippen LogP contribution is 2.41. The fourth-order valence-corrected chi connectivity index (χ4v) is 4.11. The molecule has 2 saturated heterocycles. The van der Waals surface area contributed by atoms with Gasteiger partial charge < -0.3 is 29.6 Å². The molecule has 4 rings (SSSR count). The molecule has 0 spiro atoms. The summed E-state index contributed by atoms with van der Waals surface area (Å²) in [6.07, 6.45) is 4.44. The topological polar surface area (TPSA) is 73.3 Å². The van der Waals surface area contributed by atoms with Crippen molar-refractivity contribution in [3.63, 3.8) is 0 Å². The number of hydrogen-bond acceptors (Lipinski definition) is 5. The summed E-state index contributed by atoms with van der Waals surface area (Å²) in [4.78, 5) is 4.95. The van der Waals surface area contributed by atoms with Crippen LogP contribution >= 0.6 is 0 Å². The Bertz CT molecular complexity index is 682. The van der Waals surface area contributed by atoms with E-state index in [1.165, 1.54) is 5.56 Å². The fraction of sp³-hybridized carbons (Fsp3) is 0.667. The van der Waals surface area contributed by atoms with Crippen molar-refractivity contribution in [3.05, 3.63) is 23.8 Å². The summed E-state index contributed by atoms with van der Waals surface area (Å²) in [6, 6.07) is 6.29. The second kappa shape index (κ2) is 9.01. The standard InChI is InChI=1S/C21H31N3O4/c1-2-22-20(23-13-17-4-3-9-26-17)24-14-21(7-10-25-11-8-21)16-5-6-18-19(12-16)28-15-27-18/h5-6,12,17H,2-4,7-11,13-15H2,1H3,(H2,22,23,24). The zero-order chi connectivity index (χ0) is 19.2. The van der Waals surface area contributed by atoms with Crippen molar-refractivity contribution in [1.82, 2.24) is 10.6 Å². The van der Waals surface area contributed by atoms with Gasteiger partial charge in [0.1, 0.15) is 0 Å². The van der Waals surface area contributed by atoms with Crippen molar-refractivity contribution in [2.75, 3.05) is 46.2 Å². The molecular weight excluding hydrogens is 358 g/mol. The highest BCUT2D eigenvalue weighted by molar-refractivity contribution is 5.79. The van der Waals surface area contributed by atoms with Crippen LogP contribution in [0.4, 0.5) is 0 Å². The van der Waals surface area contributed by atoms with Crippen molar-refractivity contribution in [3.8, 4) is 11.5 Å². The molecule has 7 nitrogen and oxygen atoms in total. The lowest BCUT2D eigenvalue weighted by atomic mass is 9.74. The number of ether oxygens (including phenoxy) is 4. The average Bonchev–Trinajstić information content (AvgIpc) is 3.42. The van der Waals surface area contributed by atoms with Gasteiger partial charge in [-0.15, -0.1) is 0 Å². The maximum absolute atomic E-state index is 5.72. The molecule has 1 atom stereocenters. The van der Waals surface area contributed by atoms with E-state index < -0.39 is 0 Å². The first-order valence-corrected chi connectivity index (χ1v) is 10.4. The minimum absolute atomic E-state index is 0.0502. The van der Waals surface area contributed by atoms with E-state index in [9.17, 15) is 0 Å². The van der Waals surface area contributed by atoms with Crippen LogP contribution in [0.25, 0.3) is 0 Å². The third-order valence-corrected chi connectivity index (χ3v) is 5.84. The Balaban J connectivity index is 1.50. The fourth-order valence-electron chi connectivity index (χ4n) is 4.11. The molecule has 0 amide bonds. The maximum atomic E-state index is 5.72. The number of hydrogen-bond donors (Lipinski definition) is 2. The second-order valence-electron chi connectivity index (χ2n) is 7.67. The molecule has 7 heteroatoms. The van der Waals surface area contributed by atoms with Gasteiger partial charge in [0.25, 0.3) is 0 Å². The molecule has 2 N–H and O–H groups in total. The van der Waals surface area contributed by atoms with Crippen LogP contribution in [-0.4, -0.2) is 58.3 Å². The quantitative estimate of drug-likeness (QED) is 0.574. The molecule has 3 aliphatic heterocycles. The number of fused-ring (bicyclic) bond motifs is 1. The van der Waals surface area contributed by atoms with Gasteiger partial charge in [-0.1, -0.05) is 6.07 Å². The molecule has 1 aromatic carbocycles.